The van der Waals surface area contributed by atoms with E-state index in [4.69, 9.17) is 18.9 Å². The summed E-state index contributed by atoms with van der Waals surface area (Å²) in [6.07, 6.45) is 14.6. The van der Waals surface area contributed by atoms with Gasteiger partial charge in [-0.1, -0.05) is 90.2 Å². The summed E-state index contributed by atoms with van der Waals surface area (Å²) in [5.74, 6) is -0.846. The van der Waals surface area contributed by atoms with Crippen molar-refractivity contribution in [1.29, 1.82) is 0 Å². The quantitative estimate of drug-likeness (QED) is 0.0601. The molecule has 0 amide bonds. The molecule has 1 rings (SSSR count). The molecule has 4 N–H and O–H groups in total. The summed E-state index contributed by atoms with van der Waals surface area (Å²) in [6, 6.07) is 0. The fraction of sp³-hybridized carbons (Fsp3) is 0.879. The van der Waals surface area contributed by atoms with Crippen LogP contribution >= 0.6 is 0 Å². The average molecular weight is 617 g/mol. The van der Waals surface area contributed by atoms with E-state index in [0.29, 0.717) is 12.8 Å². The van der Waals surface area contributed by atoms with Gasteiger partial charge in [0.2, 0.25) is 0 Å². The van der Waals surface area contributed by atoms with Gasteiger partial charge < -0.3 is 39.4 Å². The van der Waals surface area contributed by atoms with Crippen LogP contribution in [0.3, 0.4) is 0 Å². The molecule has 0 aromatic carbocycles. The number of carbonyl (C=O) groups is 2. The van der Waals surface area contributed by atoms with Crippen LogP contribution in [0.25, 0.3) is 0 Å². The smallest absolute Gasteiger partial charge is 0.306 e. The summed E-state index contributed by atoms with van der Waals surface area (Å²) in [7, 11) is 0. The van der Waals surface area contributed by atoms with Crippen molar-refractivity contribution < 1.29 is 49.0 Å². The molecule has 0 spiro atoms. The zero-order chi connectivity index (χ0) is 31.7. The molecule has 252 valence electrons. The first-order valence-electron chi connectivity index (χ1n) is 16.8. The largest absolute Gasteiger partial charge is 0.462 e. The van der Waals surface area contributed by atoms with Crippen molar-refractivity contribution in [1.82, 2.24) is 0 Å². The highest BCUT2D eigenvalue weighted by Gasteiger charge is 2.44. The maximum Gasteiger partial charge on any atom is 0.306 e. The van der Waals surface area contributed by atoms with Crippen LogP contribution in [0.5, 0.6) is 0 Å². The molecule has 0 aromatic heterocycles. The third-order valence-corrected chi connectivity index (χ3v) is 7.65. The molecule has 1 aliphatic heterocycles. The van der Waals surface area contributed by atoms with E-state index in [2.05, 4.69) is 19.1 Å². The minimum absolute atomic E-state index is 0.221. The lowest BCUT2D eigenvalue weighted by atomic mass is 9.99. The van der Waals surface area contributed by atoms with Gasteiger partial charge >= 0.3 is 11.9 Å². The topological polar surface area (TPSA) is 152 Å². The molecule has 1 heterocycles. The number of aliphatic hydroxyl groups excluding tert-OH is 4. The van der Waals surface area contributed by atoms with Crippen molar-refractivity contribution >= 4 is 11.9 Å². The third-order valence-electron chi connectivity index (χ3n) is 7.65. The van der Waals surface area contributed by atoms with Crippen LogP contribution < -0.4 is 0 Å². The summed E-state index contributed by atoms with van der Waals surface area (Å²) in [4.78, 5) is 24.6. The first kappa shape index (κ1) is 39.5. The van der Waals surface area contributed by atoms with Gasteiger partial charge in [-0.15, -0.1) is 0 Å². The Labute approximate surface area is 259 Å². The van der Waals surface area contributed by atoms with Gasteiger partial charge in [-0.25, -0.2) is 0 Å². The monoisotopic (exact) mass is 616 g/mol. The number of ether oxygens (including phenoxy) is 4. The molecule has 0 aromatic rings. The molecule has 1 fully saturated rings. The van der Waals surface area contributed by atoms with Gasteiger partial charge in [-0.3, -0.25) is 9.59 Å². The molecule has 10 heteroatoms. The number of allylic oxidation sites excluding steroid dienone is 2. The first-order valence-corrected chi connectivity index (χ1v) is 16.8. The molecular weight excluding hydrogens is 556 g/mol. The van der Waals surface area contributed by atoms with Crippen molar-refractivity contribution in [2.24, 2.45) is 0 Å². The van der Waals surface area contributed by atoms with Crippen LogP contribution in [0.15, 0.2) is 12.2 Å². The number of aliphatic hydroxyl groups is 4. The van der Waals surface area contributed by atoms with Gasteiger partial charge in [0.05, 0.1) is 13.2 Å². The Hall–Kier alpha value is -1.56. The highest BCUT2D eigenvalue weighted by Crippen LogP contribution is 2.22. The SMILES string of the molecule is CCCCCCCC/C=C\CCCCCCCC(=O)OC(COC(=O)CCCCC)COC1OC(CO)C(O)C(O)C1O. The molecule has 6 unspecified atom stereocenters. The molecule has 0 bridgehead atoms. The van der Waals surface area contributed by atoms with Crippen molar-refractivity contribution in [2.45, 2.75) is 166 Å². The molecule has 1 aliphatic rings. The van der Waals surface area contributed by atoms with Crippen molar-refractivity contribution in [3.05, 3.63) is 12.2 Å². The fourth-order valence-corrected chi connectivity index (χ4v) is 4.89. The van der Waals surface area contributed by atoms with E-state index in [1.165, 1.54) is 44.9 Å². The van der Waals surface area contributed by atoms with Crippen LogP contribution in [-0.2, 0) is 28.5 Å². The van der Waals surface area contributed by atoms with E-state index in [9.17, 15) is 30.0 Å². The Balaban J connectivity index is 2.35. The standard InChI is InChI=1S/C33H60O10/c1-3-5-7-8-9-10-11-12-13-14-15-16-17-18-20-22-29(36)42-26(24-40-28(35)21-19-6-4-2)25-41-33-32(39)31(38)30(37)27(23-34)43-33/h12-13,26-27,30-34,37-39H,3-11,14-25H2,1-2H3/b13-12-. The van der Waals surface area contributed by atoms with Crippen LogP contribution in [0.2, 0.25) is 0 Å². The maximum absolute atomic E-state index is 12.5. The van der Waals surface area contributed by atoms with E-state index in [1.54, 1.807) is 0 Å². The average Bonchev–Trinajstić information content (AvgIpc) is 3.00. The summed E-state index contributed by atoms with van der Waals surface area (Å²) < 4.78 is 21.7. The molecule has 10 nitrogen and oxygen atoms in total. The number of unbranched alkanes of at least 4 members (excludes halogenated alkanes) is 13. The van der Waals surface area contributed by atoms with Gasteiger partial charge in [-0.2, -0.15) is 0 Å². The Bertz CT molecular complexity index is 728. The molecule has 0 saturated carbocycles. The Morgan fingerprint density at radius 3 is 1.86 bits per heavy atom. The summed E-state index contributed by atoms with van der Waals surface area (Å²) in [5.41, 5.74) is 0. The van der Waals surface area contributed by atoms with Crippen LogP contribution in [0, 0.1) is 0 Å². The van der Waals surface area contributed by atoms with E-state index in [-0.39, 0.29) is 26.1 Å². The van der Waals surface area contributed by atoms with E-state index in [0.717, 1.165) is 44.9 Å². The number of hydrogen-bond donors (Lipinski definition) is 4. The highest BCUT2D eigenvalue weighted by atomic mass is 16.7. The maximum atomic E-state index is 12.5. The minimum atomic E-state index is -1.59. The Kier molecular flexibility index (Phi) is 23.6. The van der Waals surface area contributed by atoms with Crippen LogP contribution in [0.1, 0.15) is 129 Å². The summed E-state index contributed by atoms with van der Waals surface area (Å²) in [5, 5.41) is 39.5. The lowest BCUT2D eigenvalue weighted by Crippen LogP contribution is -2.59. The lowest BCUT2D eigenvalue weighted by molar-refractivity contribution is -0.305. The summed E-state index contributed by atoms with van der Waals surface area (Å²) in [6.45, 7) is 3.19. The van der Waals surface area contributed by atoms with Gasteiger partial charge in [0.1, 0.15) is 31.0 Å². The van der Waals surface area contributed by atoms with Crippen molar-refractivity contribution in [3.63, 3.8) is 0 Å². The van der Waals surface area contributed by atoms with Crippen molar-refractivity contribution in [2.75, 3.05) is 19.8 Å². The molecule has 0 aliphatic carbocycles. The second-order valence-electron chi connectivity index (χ2n) is 11.6. The van der Waals surface area contributed by atoms with Gasteiger partial charge in [0.25, 0.3) is 0 Å². The van der Waals surface area contributed by atoms with Gasteiger partial charge in [0.15, 0.2) is 12.4 Å². The Morgan fingerprint density at radius 2 is 1.23 bits per heavy atom. The number of hydrogen-bond acceptors (Lipinski definition) is 10. The first-order chi connectivity index (χ1) is 20.8. The number of rotatable bonds is 26. The van der Waals surface area contributed by atoms with Crippen molar-refractivity contribution in [3.8, 4) is 0 Å². The summed E-state index contributed by atoms with van der Waals surface area (Å²) >= 11 is 0. The predicted octanol–water partition coefficient (Wildman–Crippen LogP) is 4.88. The van der Waals surface area contributed by atoms with E-state index in [1.807, 2.05) is 6.92 Å². The number of esters is 2. The second kappa shape index (κ2) is 25.7. The predicted molar refractivity (Wildman–Crippen MR) is 164 cm³/mol. The highest BCUT2D eigenvalue weighted by molar-refractivity contribution is 5.70. The second-order valence-corrected chi connectivity index (χ2v) is 11.6. The third kappa shape index (κ3) is 18.8. The minimum Gasteiger partial charge on any atom is -0.462 e. The fourth-order valence-electron chi connectivity index (χ4n) is 4.89. The van der Waals surface area contributed by atoms with E-state index < -0.39 is 55.4 Å². The molecule has 0 radical (unpaired) electrons. The Morgan fingerprint density at radius 1 is 0.698 bits per heavy atom. The van der Waals surface area contributed by atoms with Gasteiger partial charge in [0, 0.05) is 12.8 Å². The normalized spacial score (nSPS) is 23.0. The van der Waals surface area contributed by atoms with Gasteiger partial charge in [-0.05, 0) is 38.5 Å². The molecule has 1 saturated heterocycles. The zero-order valence-electron chi connectivity index (χ0n) is 26.7. The number of carbonyl (C=O) groups excluding carboxylic acids is 2. The molecule has 6 atom stereocenters. The zero-order valence-corrected chi connectivity index (χ0v) is 26.7. The van der Waals surface area contributed by atoms with Crippen LogP contribution in [0.4, 0.5) is 0 Å². The molecular formula is C33H60O10. The lowest BCUT2D eigenvalue weighted by Gasteiger charge is -2.39. The molecule has 43 heavy (non-hydrogen) atoms. The van der Waals surface area contributed by atoms with E-state index >= 15 is 0 Å². The van der Waals surface area contributed by atoms with Crippen LogP contribution in [-0.4, -0.2) is 89.0 Å².